The average Bonchev–Trinajstić information content (AvgIpc) is 2.80. The maximum Gasteiger partial charge on any atom is 0.453 e. The normalized spacial score (nSPS) is 12.7. The Bertz CT molecular complexity index is 1010. The lowest BCUT2D eigenvalue weighted by Crippen LogP contribution is -2.57. The lowest BCUT2D eigenvalue weighted by molar-refractivity contribution is -0.499. The summed E-state index contributed by atoms with van der Waals surface area (Å²) in [5, 5.41) is 21.2. The topological polar surface area (TPSA) is 117 Å². The average molecular weight is 560 g/mol. The van der Waals surface area contributed by atoms with E-state index in [4.69, 9.17) is 10.2 Å². The first-order valence-corrected chi connectivity index (χ1v) is 10.5. The van der Waals surface area contributed by atoms with Gasteiger partial charge in [0.15, 0.2) is 0 Å². The molecule has 0 saturated carbocycles. The van der Waals surface area contributed by atoms with Gasteiger partial charge in [0.05, 0.1) is 0 Å². The number of phenolic OH excluding ortho intramolecular Hbond substituents is 2. The highest BCUT2D eigenvalue weighted by atomic mass is 19.3. The summed E-state index contributed by atoms with van der Waals surface area (Å²) in [6.45, 7) is -1.22. The molecule has 2 aromatic carbocycles. The third-order valence-electron chi connectivity index (χ3n) is 4.65. The Morgan fingerprint density at radius 2 is 0.895 bits per heavy atom. The SMILES string of the molecule is O=C(NCCc1ccc(O)cc1)C(F)(F)OC(F)(F)C(F)(F)OC(F)(F)C(=O)NCCc1ccc(O)cc1. The fraction of sp³-hybridized carbons (Fsp3) is 0.364. The Morgan fingerprint density at radius 1 is 0.605 bits per heavy atom. The highest BCUT2D eigenvalue weighted by molar-refractivity contribution is 5.82. The molecule has 4 N–H and O–H groups in total. The van der Waals surface area contributed by atoms with Crippen LogP contribution >= 0.6 is 0 Å². The molecule has 0 heterocycles. The molecule has 0 saturated heterocycles. The molecule has 2 aromatic rings. The number of amides is 2. The number of rotatable bonds is 13. The van der Waals surface area contributed by atoms with E-state index in [-0.39, 0.29) is 24.3 Å². The van der Waals surface area contributed by atoms with Crippen LogP contribution in [-0.4, -0.2) is 59.6 Å². The second kappa shape index (κ2) is 11.8. The van der Waals surface area contributed by atoms with Crippen LogP contribution in [0.4, 0.5) is 35.1 Å². The Balaban J connectivity index is 1.92. The largest absolute Gasteiger partial charge is 0.508 e. The van der Waals surface area contributed by atoms with Gasteiger partial charge in [-0.2, -0.15) is 35.1 Å². The predicted octanol–water partition coefficient (Wildman–Crippen LogP) is 3.52. The van der Waals surface area contributed by atoms with Crippen molar-refractivity contribution < 1.29 is 64.4 Å². The zero-order valence-electron chi connectivity index (χ0n) is 19.0. The molecule has 0 atom stereocenters. The maximum absolute atomic E-state index is 13.7. The van der Waals surface area contributed by atoms with Gasteiger partial charge in [-0.25, -0.2) is 9.47 Å². The highest BCUT2D eigenvalue weighted by Gasteiger charge is 2.69. The number of hydrogen-bond acceptors (Lipinski definition) is 6. The molecule has 0 radical (unpaired) electrons. The van der Waals surface area contributed by atoms with Crippen molar-refractivity contribution in [3.05, 3.63) is 59.7 Å². The van der Waals surface area contributed by atoms with Crippen molar-refractivity contribution >= 4 is 11.8 Å². The summed E-state index contributed by atoms with van der Waals surface area (Å²) in [5.74, 6) is -5.43. The quantitative estimate of drug-likeness (QED) is 0.279. The standard InChI is InChI=1S/C22H20F8N2O6/c23-19(24,17(35)31-11-9-13-1-5-15(33)6-2-13)37-21(27,28)22(29,30)38-20(25,26)18(36)32-12-10-14-3-7-16(34)8-4-14/h1-8,33-34H,9-12H2,(H,31,35)(H,32,36). The fourth-order valence-corrected chi connectivity index (χ4v) is 2.71. The zero-order valence-corrected chi connectivity index (χ0v) is 19.0. The molecule has 0 aliphatic rings. The first-order valence-electron chi connectivity index (χ1n) is 10.5. The van der Waals surface area contributed by atoms with Crippen LogP contribution in [0.1, 0.15) is 11.1 Å². The van der Waals surface area contributed by atoms with E-state index in [0.717, 1.165) is 0 Å². The number of nitrogens with one attached hydrogen (secondary N) is 2. The molecule has 0 aliphatic carbocycles. The Labute approximate surface area is 209 Å². The molecule has 2 rings (SSSR count). The van der Waals surface area contributed by atoms with Gasteiger partial charge >= 0.3 is 36.2 Å². The van der Waals surface area contributed by atoms with Gasteiger partial charge in [-0.1, -0.05) is 24.3 Å². The number of carbonyl (C=O) groups excluding carboxylic acids is 2. The van der Waals surface area contributed by atoms with Crippen molar-refractivity contribution in [2.75, 3.05) is 13.1 Å². The smallest absolute Gasteiger partial charge is 0.453 e. The minimum absolute atomic E-state index is 0.125. The van der Waals surface area contributed by atoms with E-state index < -0.39 is 49.3 Å². The maximum atomic E-state index is 13.7. The second-order valence-corrected chi connectivity index (χ2v) is 7.62. The van der Waals surface area contributed by atoms with E-state index in [9.17, 15) is 44.7 Å². The third kappa shape index (κ3) is 8.44. The van der Waals surface area contributed by atoms with E-state index in [1.165, 1.54) is 59.2 Å². The van der Waals surface area contributed by atoms with Gasteiger partial charge < -0.3 is 20.8 Å². The minimum atomic E-state index is -6.50. The first kappa shape index (κ1) is 30.6. The van der Waals surface area contributed by atoms with Gasteiger partial charge in [0, 0.05) is 13.1 Å². The number of halogens is 8. The molecular weight excluding hydrogens is 540 g/mol. The molecule has 0 unspecified atom stereocenters. The number of hydrogen-bond donors (Lipinski definition) is 4. The van der Waals surface area contributed by atoms with E-state index >= 15 is 0 Å². The van der Waals surface area contributed by atoms with Crippen LogP contribution in [0.25, 0.3) is 0 Å². The van der Waals surface area contributed by atoms with Gasteiger partial charge in [-0.05, 0) is 48.2 Å². The van der Waals surface area contributed by atoms with Crippen molar-refractivity contribution in [2.24, 2.45) is 0 Å². The lowest BCUT2D eigenvalue weighted by Gasteiger charge is -2.30. The monoisotopic (exact) mass is 560 g/mol. The van der Waals surface area contributed by atoms with Crippen molar-refractivity contribution in [1.29, 1.82) is 0 Å². The number of carbonyl (C=O) groups is 2. The van der Waals surface area contributed by atoms with Gasteiger partial charge in [0.2, 0.25) is 0 Å². The second-order valence-electron chi connectivity index (χ2n) is 7.62. The van der Waals surface area contributed by atoms with Crippen LogP contribution in [-0.2, 0) is 31.9 Å². The predicted molar refractivity (Wildman–Crippen MR) is 112 cm³/mol. The van der Waals surface area contributed by atoms with Crippen molar-refractivity contribution in [3.63, 3.8) is 0 Å². The summed E-state index contributed by atoms with van der Waals surface area (Å²) >= 11 is 0. The molecule has 0 spiro atoms. The number of alkyl halides is 8. The Kier molecular flexibility index (Phi) is 9.50. The number of benzene rings is 2. The summed E-state index contributed by atoms with van der Waals surface area (Å²) in [6, 6.07) is 10.3. The summed E-state index contributed by atoms with van der Waals surface area (Å²) in [5.41, 5.74) is 0.808. The van der Waals surface area contributed by atoms with Gasteiger partial charge in [-0.3, -0.25) is 9.59 Å². The molecule has 210 valence electrons. The number of phenols is 2. The van der Waals surface area contributed by atoms with Crippen LogP contribution in [0.5, 0.6) is 11.5 Å². The van der Waals surface area contributed by atoms with Gasteiger partial charge in [-0.15, -0.1) is 0 Å². The molecular formula is C22H20F8N2O6. The summed E-state index contributed by atoms with van der Waals surface area (Å²) in [4.78, 5) is 23.0. The Hall–Kier alpha value is -3.66. The van der Waals surface area contributed by atoms with Crippen molar-refractivity contribution in [3.8, 4) is 11.5 Å². The Morgan fingerprint density at radius 3 is 1.18 bits per heavy atom. The molecule has 16 heteroatoms. The van der Waals surface area contributed by atoms with Gasteiger partial charge in [0.25, 0.3) is 0 Å². The van der Waals surface area contributed by atoms with Crippen LogP contribution in [0.3, 0.4) is 0 Å². The van der Waals surface area contributed by atoms with E-state index in [0.29, 0.717) is 11.1 Å². The van der Waals surface area contributed by atoms with E-state index in [1.807, 2.05) is 0 Å². The van der Waals surface area contributed by atoms with E-state index in [1.54, 1.807) is 0 Å². The molecule has 2 amide bonds. The molecule has 0 bridgehead atoms. The van der Waals surface area contributed by atoms with Gasteiger partial charge in [0.1, 0.15) is 11.5 Å². The van der Waals surface area contributed by atoms with Crippen LogP contribution in [0.2, 0.25) is 0 Å². The lowest BCUT2D eigenvalue weighted by atomic mass is 10.1. The molecule has 8 nitrogen and oxygen atoms in total. The van der Waals surface area contributed by atoms with Crippen LogP contribution in [0, 0.1) is 0 Å². The summed E-state index contributed by atoms with van der Waals surface area (Å²) in [6.07, 6.45) is -24.6. The number of ether oxygens (including phenoxy) is 2. The van der Waals surface area contributed by atoms with Crippen LogP contribution < -0.4 is 10.6 Å². The molecule has 38 heavy (non-hydrogen) atoms. The van der Waals surface area contributed by atoms with Crippen molar-refractivity contribution in [1.82, 2.24) is 10.6 Å². The first-order chi connectivity index (χ1) is 17.4. The minimum Gasteiger partial charge on any atom is -0.508 e. The van der Waals surface area contributed by atoms with Crippen LogP contribution in [0.15, 0.2) is 48.5 Å². The van der Waals surface area contributed by atoms with Crippen molar-refractivity contribution in [2.45, 2.75) is 37.3 Å². The molecule has 0 aliphatic heterocycles. The summed E-state index contributed by atoms with van der Waals surface area (Å²) in [7, 11) is 0. The molecule has 0 fully saturated rings. The van der Waals surface area contributed by atoms with E-state index in [2.05, 4.69) is 9.47 Å². The zero-order chi connectivity index (χ0) is 28.8. The highest BCUT2D eigenvalue weighted by Crippen LogP contribution is 2.43. The number of aromatic hydroxyl groups is 2. The summed E-state index contributed by atoms with van der Waals surface area (Å²) < 4.78 is 115. The fourth-order valence-electron chi connectivity index (χ4n) is 2.71. The third-order valence-corrected chi connectivity index (χ3v) is 4.65. The molecule has 0 aromatic heterocycles.